The van der Waals surface area contributed by atoms with E-state index in [1.165, 1.54) is 12.1 Å². The molecule has 2 rings (SSSR count). The number of benzene rings is 1. The molecule has 1 aromatic carbocycles. The lowest BCUT2D eigenvalue weighted by molar-refractivity contribution is -0.137. The van der Waals surface area contributed by atoms with E-state index < -0.39 is 11.7 Å². The van der Waals surface area contributed by atoms with Gasteiger partial charge in [0.1, 0.15) is 0 Å². The largest absolute Gasteiger partial charge is 0.417 e. The fraction of sp³-hybridized carbons (Fsp3) is 0.562. The molecule has 1 aromatic rings. The Morgan fingerprint density at radius 1 is 1.26 bits per heavy atom. The number of nitriles is 1. The number of halogens is 3. The van der Waals surface area contributed by atoms with E-state index in [0.717, 1.165) is 38.8 Å². The van der Waals surface area contributed by atoms with Crippen LogP contribution in [0, 0.1) is 11.3 Å². The highest BCUT2D eigenvalue weighted by molar-refractivity contribution is 5.54. The van der Waals surface area contributed by atoms with Crippen LogP contribution >= 0.6 is 0 Å². The predicted molar refractivity (Wildman–Crippen MR) is 83.2 cm³/mol. The van der Waals surface area contributed by atoms with E-state index in [-0.39, 0.29) is 11.6 Å². The summed E-state index contributed by atoms with van der Waals surface area (Å²) in [6.45, 7) is 6.81. The fourth-order valence-corrected chi connectivity index (χ4v) is 2.72. The van der Waals surface area contributed by atoms with Crippen LogP contribution in [-0.2, 0) is 6.18 Å². The summed E-state index contributed by atoms with van der Waals surface area (Å²) in [4.78, 5) is 4.59. The monoisotopic (exact) mass is 326 g/mol. The van der Waals surface area contributed by atoms with Gasteiger partial charge in [0.2, 0.25) is 0 Å². The quantitative estimate of drug-likeness (QED) is 0.924. The molecule has 0 aliphatic carbocycles. The summed E-state index contributed by atoms with van der Waals surface area (Å²) in [7, 11) is 2.09. The normalized spacial score (nSPS) is 18.4. The Bertz CT molecular complexity index is 572. The first kappa shape index (κ1) is 17.6. The molecule has 1 atom stereocenters. The van der Waals surface area contributed by atoms with Crippen molar-refractivity contribution in [3.8, 4) is 6.07 Å². The number of rotatable bonds is 4. The number of hydrogen-bond donors (Lipinski definition) is 1. The Balaban J connectivity index is 1.98. The van der Waals surface area contributed by atoms with E-state index in [9.17, 15) is 13.2 Å². The van der Waals surface area contributed by atoms with Crippen LogP contribution in [0.5, 0.6) is 0 Å². The standard InChI is InChI=1S/C16H21F3N4/c1-12(11-23-7-5-22(2)6-8-23)21-14-3-4-15(16(17,18)19)13(9-14)10-20/h3-4,9,12,21H,5-8,11H2,1-2H3. The van der Waals surface area contributed by atoms with E-state index in [1.54, 1.807) is 6.07 Å². The first-order chi connectivity index (χ1) is 10.8. The summed E-state index contributed by atoms with van der Waals surface area (Å²) in [5.74, 6) is 0. The minimum absolute atomic E-state index is 0.0849. The van der Waals surface area contributed by atoms with Crippen LogP contribution in [0.2, 0.25) is 0 Å². The molecule has 1 fully saturated rings. The number of hydrogen-bond acceptors (Lipinski definition) is 4. The molecule has 0 spiro atoms. The van der Waals surface area contributed by atoms with Gasteiger partial charge < -0.3 is 10.2 Å². The van der Waals surface area contributed by atoms with E-state index in [2.05, 4.69) is 22.2 Å². The molecule has 4 nitrogen and oxygen atoms in total. The van der Waals surface area contributed by atoms with E-state index >= 15 is 0 Å². The lowest BCUT2D eigenvalue weighted by Gasteiger charge is -2.34. The maximum absolute atomic E-state index is 12.8. The van der Waals surface area contributed by atoms with Crippen LogP contribution in [0.1, 0.15) is 18.1 Å². The van der Waals surface area contributed by atoms with Gasteiger partial charge in [0.25, 0.3) is 0 Å². The molecule has 0 bridgehead atoms. The van der Waals surface area contributed by atoms with Crippen molar-refractivity contribution in [1.29, 1.82) is 5.26 Å². The molecule has 1 saturated heterocycles. The van der Waals surface area contributed by atoms with Gasteiger partial charge in [-0.25, -0.2) is 0 Å². The number of likely N-dealkylation sites (N-methyl/N-ethyl adjacent to an activating group) is 1. The van der Waals surface area contributed by atoms with Crippen molar-refractivity contribution in [2.45, 2.75) is 19.1 Å². The van der Waals surface area contributed by atoms with Crippen molar-refractivity contribution in [2.75, 3.05) is 45.1 Å². The minimum atomic E-state index is -4.50. The average molecular weight is 326 g/mol. The van der Waals surface area contributed by atoms with Gasteiger partial charge in [0, 0.05) is 44.5 Å². The zero-order valence-corrected chi connectivity index (χ0v) is 13.3. The molecule has 0 saturated carbocycles. The molecule has 1 unspecified atom stereocenters. The van der Waals surface area contributed by atoms with Crippen molar-refractivity contribution in [2.24, 2.45) is 0 Å². The number of alkyl halides is 3. The number of nitrogens with one attached hydrogen (secondary N) is 1. The second-order valence-electron chi connectivity index (χ2n) is 6.02. The van der Waals surface area contributed by atoms with E-state index in [0.29, 0.717) is 5.69 Å². The third-order valence-electron chi connectivity index (χ3n) is 3.99. The molecule has 23 heavy (non-hydrogen) atoms. The summed E-state index contributed by atoms with van der Waals surface area (Å²) in [6, 6.07) is 5.32. The highest BCUT2D eigenvalue weighted by Gasteiger charge is 2.33. The summed E-state index contributed by atoms with van der Waals surface area (Å²) in [6.07, 6.45) is -4.50. The van der Waals surface area contributed by atoms with Crippen molar-refractivity contribution in [1.82, 2.24) is 9.80 Å². The molecular formula is C16H21F3N4. The van der Waals surface area contributed by atoms with Gasteiger partial charge in [0.15, 0.2) is 0 Å². The summed E-state index contributed by atoms with van der Waals surface area (Å²) >= 11 is 0. The number of nitrogens with zero attached hydrogens (tertiary/aromatic N) is 3. The molecule has 0 amide bonds. The summed E-state index contributed by atoms with van der Waals surface area (Å²) in [5.41, 5.74) is -0.706. The van der Waals surface area contributed by atoms with Gasteiger partial charge in [-0.05, 0) is 32.2 Å². The predicted octanol–water partition coefficient (Wildman–Crippen LogP) is 2.62. The third-order valence-corrected chi connectivity index (χ3v) is 3.99. The molecule has 0 radical (unpaired) electrons. The fourth-order valence-electron chi connectivity index (χ4n) is 2.72. The van der Waals surface area contributed by atoms with E-state index in [1.807, 2.05) is 6.92 Å². The molecular weight excluding hydrogens is 305 g/mol. The average Bonchev–Trinajstić information content (AvgIpc) is 2.48. The van der Waals surface area contributed by atoms with Gasteiger partial charge in [-0.1, -0.05) is 0 Å². The Kier molecular flexibility index (Phi) is 5.50. The van der Waals surface area contributed by atoms with Crippen LogP contribution < -0.4 is 5.32 Å². The van der Waals surface area contributed by atoms with Crippen LogP contribution in [0.4, 0.5) is 18.9 Å². The zero-order chi connectivity index (χ0) is 17.0. The summed E-state index contributed by atoms with van der Waals surface area (Å²) < 4.78 is 38.4. The lowest BCUT2D eigenvalue weighted by atomic mass is 10.1. The van der Waals surface area contributed by atoms with Crippen molar-refractivity contribution in [3.05, 3.63) is 29.3 Å². The lowest BCUT2D eigenvalue weighted by Crippen LogP contribution is -2.47. The summed E-state index contributed by atoms with van der Waals surface area (Å²) in [5, 5.41) is 12.1. The molecule has 1 heterocycles. The Morgan fingerprint density at radius 3 is 2.48 bits per heavy atom. The molecule has 1 aliphatic heterocycles. The van der Waals surface area contributed by atoms with Gasteiger partial charge in [-0.15, -0.1) is 0 Å². The van der Waals surface area contributed by atoms with Crippen molar-refractivity contribution >= 4 is 5.69 Å². The Morgan fingerprint density at radius 2 is 1.91 bits per heavy atom. The molecule has 7 heteroatoms. The second-order valence-corrected chi connectivity index (χ2v) is 6.02. The SMILES string of the molecule is CC(CN1CCN(C)CC1)Nc1ccc(C(F)(F)F)c(C#N)c1. The highest BCUT2D eigenvalue weighted by atomic mass is 19.4. The minimum Gasteiger partial charge on any atom is -0.381 e. The number of piperazine rings is 1. The first-order valence-electron chi connectivity index (χ1n) is 7.58. The maximum atomic E-state index is 12.8. The van der Waals surface area contributed by atoms with Gasteiger partial charge in [-0.3, -0.25) is 4.90 Å². The molecule has 1 aliphatic rings. The third kappa shape index (κ3) is 4.85. The molecule has 0 aromatic heterocycles. The zero-order valence-electron chi connectivity index (χ0n) is 13.3. The van der Waals surface area contributed by atoms with Gasteiger partial charge in [-0.2, -0.15) is 18.4 Å². The number of anilines is 1. The smallest absolute Gasteiger partial charge is 0.381 e. The van der Waals surface area contributed by atoms with Crippen LogP contribution in [0.15, 0.2) is 18.2 Å². The molecule has 1 N–H and O–H groups in total. The Hall–Kier alpha value is -1.78. The van der Waals surface area contributed by atoms with Gasteiger partial charge in [0.05, 0.1) is 17.2 Å². The first-order valence-corrected chi connectivity index (χ1v) is 7.58. The second kappa shape index (κ2) is 7.20. The topological polar surface area (TPSA) is 42.3 Å². The van der Waals surface area contributed by atoms with Crippen molar-refractivity contribution < 1.29 is 13.2 Å². The Labute approximate surface area is 134 Å². The maximum Gasteiger partial charge on any atom is 0.417 e. The van der Waals surface area contributed by atoms with Crippen molar-refractivity contribution in [3.63, 3.8) is 0 Å². The van der Waals surface area contributed by atoms with Crippen LogP contribution in [0.25, 0.3) is 0 Å². The van der Waals surface area contributed by atoms with Crippen LogP contribution in [0.3, 0.4) is 0 Å². The molecule has 126 valence electrons. The van der Waals surface area contributed by atoms with E-state index in [4.69, 9.17) is 5.26 Å². The highest BCUT2D eigenvalue weighted by Crippen LogP contribution is 2.33. The van der Waals surface area contributed by atoms with Gasteiger partial charge >= 0.3 is 6.18 Å². The van der Waals surface area contributed by atoms with Crippen LogP contribution in [-0.4, -0.2) is 55.6 Å².